The lowest BCUT2D eigenvalue weighted by Crippen LogP contribution is -2.12. The quantitative estimate of drug-likeness (QED) is 0.790. The van der Waals surface area contributed by atoms with Crippen LogP contribution in [0.1, 0.15) is 16.1 Å². The summed E-state index contributed by atoms with van der Waals surface area (Å²) in [6.45, 7) is 1.96. The number of carbonyl (C=O) groups is 1. The first kappa shape index (κ1) is 13.1. The third-order valence-corrected chi connectivity index (χ3v) is 4.30. The fraction of sp³-hybridized carbons (Fsp3) is 0.154. The highest BCUT2D eigenvalue weighted by molar-refractivity contribution is 7.23. The number of fused-ring (bicyclic) bond motifs is 1. The molecule has 0 bridgehead atoms. The Morgan fingerprint density at radius 2 is 2.20 bits per heavy atom. The van der Waals surface area contributed by atoms with E-state index >= 15 is 0 Å². The summed E-state index contributed by atoms with van der Waals surface area (Å²) in [4.78, 5) is 16.4. The van der Waals surface area contributed by atoms with Crippen molar-refractivity contribution in [2.45, 2.75) is 6.92 Å². The summed E-state index contributed by atoms with van der Waals surface area (Å²) < 4.78 is 2.46. The number of nitrogens with one attached hydrogen (secondary N) is 1. The van der Waals surface area contributed by atoms with E-state index in [0.29, 0.717) is 15.8 Å². The summed E-state index contributed by atoms with van der Waals surface area (Å²) in [5.74, 6) is -0.279. The minimum absolute atomic E-state index is 0.279. The largest absolute Gasteiger partial charge is 0.296 e. The molecule has 0 atom stereocenters. The number of rotatable bonds is 2. The zero-order chi connectivity index (χ0) is 14.3. The SMILES string of the molecule is Cc1ccc(Cl)c2sc(NC(=O)c3ccn(C)n3)nc12. The van der Waals surface area contributed by atoms with E-state index in [1.165, 1.54) is 11.3 Å². The van der Waals surface area contributed by atoms with Gasteiger partial charge in [-0.1, -0.05) is 29.0 Å². The fourth-order valence-corrected chi connectivity index (χ4v) is 3.06. The number of carbonyl (C=O) groups excluding carboxylic acids is 1. The molecule has 3 rings (SSSR count). The van der Waals surface area contributed by atoms with Crippen LogP contribution in [0, 0.1) is 6.92 Å². The standard InChI is InChI=1S/C13H11ClN4OS/c1-7-3-4-8(14)11-10(7)15-13(20-11)16-12(19)9-5-6-18(2)17-9/h3-6H,1-2H3,(H,15,16,19). The molecule has 0 radical (unpaired) electrons. The van der Waals surface area contributed by atoms with Crippen molar-refractivity contribution in [3.05, 3.63) is 40.7 Å². The molecule has 0 saturated heterocycles. The lowest BCUT2D eigenvalue weighted by atomic mass is 10.2. The van der Waals surface area contributed by atoms with E-state index in [1.54, 1.807) is 24.0 Å². The van der Waals surface area contributed by atoms with Crippen molar-refractivity contribution in [3.8, 4) is 0 Å². The Labute approximate surface area is 124 Å². The minimum Gasteiger partial charge on any atom is -0.296 e. The van der Waals surface area contributed by atoms with Gasteiger partial charge in [-0.05, 0) is 24.6 Å². The molecule has 0 aliphatic heterocycles. The van der Waals surface area contributed by atoms with Crippen LogP contribution in [-0.2, 0) is 7.05 Å². The number of halogens is 1. The number of amides is 1. The lowest BCUT2D eigenvalue weighted by Gasteiger charge is -1.96. The van der Waals surface area contributed by atoms with Gasteiger partial charge in [0.1, 0.15) is 0 Å². The van der Waals surface area contributed by atoms with Crippen molar-refractivity contribution in [2.75, 3.05) is 5.32 Å². The maximum atomic E-state index is 12.0. The molecule has 1 N–H and O–H groups in total. The van der Waals surface area contributed by atoms with Crippen LogP contribution in [0.15, 0.2) is 24.4 Å². The average molecular weight is 307 g/mol. The van der Waals surface area contributed by atoms with Gasteiger partial charge in [0.05, 0.1) is 15.2 Å². The van der Waals surface area contributed by atoms with Crippen LogP contribution in [0.5, 0.6) is 0 Å². The zero-order valence-corrected chi connectivity index (χ0v) is 12.4. The number of anilines is 1. The third-order valence-electron chi connectivity index (χ3n) is 2.86. The monoisotopic (exact) mass is 306 g/mol. The molecule has 7 heteroatoms. The van der Waals surface area contributed by atoms with Gasteiger partial charge in [0.2, 0.25) is 0 Å². The van der Waals surface area contributed by atoms with E-state index in [4.69, 9.17) is 11.6 Å². The predicted molar refractivity (Wildman–Crippen MR) is 80.5 cm³/mol. The van der Waals surface area contributed by atoms with E-state index < -0.39 is 0 Å². The molecule has 0 fully saturated rings. The van der Waals surface area contributed by atoms with E-state index in [-0.39, 0.29) is 5.91 Å². The Hall–Kier alpha value is -1.92. The summed E-state index contributed by atoms with van der Waals surface area (Å²) in [5, 5.41) is 7.96. The van der Waals surface area contributed by atoms with Gasteiger partial charge in [-0.2, -0.15) is 5.10 Å². The van der Waals surface area contributed by atoms with Crippen LogP contribution < -0.4 is 5.32 Å². The number of thiazole rings is 1. The van der Waals surface area contributed by atoms with Crippen molar-refractivity contribution < 1.29 is 4.79 Å². The van der Waals surface area contributed by atoms with Gasteiger partial charge in [0.15, 0.2) is 10.8 Å². The van der Waals surface area contributed by atoms with Crippen LogP contribution in [0.2, 0.25) is 5.02 Å². The molecule has 2 aromatic heterocycles. The van der Waals surface area contributed by atoms with Crippen LogP contribution in [0.3, 0.4) is 0 Å². The molecule has 0 spiro atoms. The van der Waals surface area contributed by atoms with Crippen molar-refractivity contribution in [2.24, 2.45) is 7.05 Å². The number of aryl methyl sites for hydroxylation is 2. The first-order chi connectivity index (χ1) is 9.54. The first-order valence-electron chi connectivity index (χ1n) is 5.91. The van der Waals surface area contributed by atoms with E-state index in [1.807, 2.05) is 19.1 Å². The number of hydrogen-bond acceptors (Lipinski definition) is 4. The van der Waals surface area contributed by atoms with Gasteiger partial charge in [0.25, 0.3) is 5.91 Å². The van der Waals surface area contributed by atoms with Gasteiger partial charge < -0.3 is 0 Å². The number of nitrogens with zero attached hydrogens (tertiary/aromatic N) is 3. The molecule has 0 unspecified atom stereocenters. The van der Waals surface area contributed by atoms with E-state index in [2.05, 4.69) is 15.4 Å². The Kier molecular flexibility index (Phi) is 3.19. The summed E-state index contributed by atoms with van der Waals surface area (Å²) in [6.07, 6.45) is 1.72. The molecular weight excluding hydrogens is 296 g/mol. The predicted octanol–water partition coefficient (Wildman–Crippen LogP) is 3.24. The van der Waals surface area contributed by atoms with E-state index in [0.717, 1.165) is 15.8 Å². The molecule has 0 saturated carbocycles. The maximum Gasteiger partial charge on any atom is 0.277 e. The number of benzene rings is 1. The number of aromatic nitrogens is 3. The third kappa shape index (κ3) is 2.28. The highest BCUT2D eigenvalue weighted by Gasteiger charge is 2.14. The van der Waals surface area contributed by atoms with Crippen molar-refractivity contribution in [1.82, 2.24) is 14.8 Å². The molecule has 2 heterocycles. The van der Waals surface area contributed by atoms with Crippen molar-refractivity contribution in [3.63, 3.8) is 0 Å². The molecule has 0 aliphatic rings. The maximum absolute atomic E-state index is 12.0. The van der Waals surface area contributed by atoms with E-state index in [9.17, 15) is 4.79 Å². The summed E-state index contributed by atoms with van der Waals surface area (Å²) >= 11 is 7.50. The highest BCUT2D eigenvalue weighted by Crippen LogP contribution is 2.33. The molecule has 3 aromatic rings. The second-order valence-corrected chi connectivity index (χ2v) is 5.80. The van der Waals surface area contributed by atoms with Crippen LogP contribution >= 0.6 is 22.9 Å². The normalized spacial score (nSPS) is 10.9. The molecule has 1 amide bonds. The van der Waals surface area contributed by atoms with Gasteiger partial charge >= 0.3 is 0 Å². The average Bonchev–Trinajstić information content (AvgIpc) is 3.01. The van der Waals surface area contributed by atoms with Crippen molar-refractivity contribution in [1.29, 1.82) is 0 Å². The van der Waals surface area contributed by atoms with Gasteiger partial charge in [-0.15, -0.1) is 0 Å². The van der Waals surface area contributed by atoms with Gasteiger partial charge in [-0.25, -0.2) is 4.98 Å². The minimum atomic E-state index is -0.279. The Balaban J connectivity index is 1.93. The molecule has 1 aromatic carbocycles. The second kappa shape index (κ2) is 4.88. The zero-order valence-electron chi connectivity index (χ0n) is 10.8. The second-order valence-electron chi connectivity index (χ2n) is 4.39. The molecule has 20 heavy (non-hydrogen) atoms. The highest BCUT2D eigenvalue weighted by atomic mass is 35.5. The fourth-order valence-electron chi connectivity index (χ4n) is 1.85. The Bertz CT molecular complexity index is 769. The Morgan fingerprint density at radius 3 is 2.85 bits per heavy atom. The van der Waals surface area contributed by atoms with Gasteiger partial charge in [0, 0.05) is 13.2 Å². The van der Waals surface area contributed by atoms with Crippen LogP contribution in [-0.4, -0.2) is 20.7 Å². The summed E-state index contributed by atoms with van der Waals surface area (Å²) in [5.41, 5.74) is 2.20. The molecular formula is C13H11ClN4OS. The molecule has 0 aliphatic carbocycles. The Morgan fingerprint density at radius 1 is 1.40 bits per heavy atom. The topological polar surface area (TPSA) is 59.8 Å². The first-order valence-corrected chi connectivity index (χ1v) is 7.10. The molecule has 5 nitrogen and oxygen atoms in total. The van der Waals surface area contributed by atoms with Crippen molar-refractivity contribution >= 4 is 44.2 Å². The lowest BCUT2D eigenvalue weighted by molar-refractivity contribution is 0.102. The summed E-state index contributed by atoms with van der Waals surface area (Å²) in [7, 11) is 1.76. The van der Waals surface area contributed by atoms with Crippen LogP contribution in [0.4, 0.5) is 5.13 Å². The van der Waals surface area contributed by atoms with Crippen LogP contribution in [0.25, 0.3) is 10.2 Å². The number of hydrogen-bond donors (Lipinski definition) is 1. The smallest absolute Gasteiger partial charge is 0.277 e. The summed E-state index contributed by atoms with van der Waals surface area (Å²) in [6, 6.07) is 5.40. The van der Waals surface area contributed by atoms with Gasteiger partial charge in [-0.3, -0.25) is 14.8 Å². The molecule has 102 valence electrons.